The Morgan fingerprint density at radius 1 is 0.806 bits per heavy atom. The maximum atomic E-state index is 12.8. The van der Waals surface area contributed by atoms with E-state index in [-0.39, 0.29) is 18.4 Å². The van der Waals surface area contributed by atoms with Gasteiger partial charge in [-0.05, 0) is 48.9 Å². The van der Waals surface area contributed by atoms with E-state index >= 15 is 0 Å². The van der Waals surface area contributed by atoms with Gasteiger partial charge in [-0.1, -0.05) is 49.7 Å². The van der Waals surface area contributed by atoms with Crippen molar-refractivity contribution in [1.29, 1.82) is 0 Å². The summed E-state index contributed by atoms with van der Waals surface area (Å²) in [5.41, 5.74) is 1.59. The number of hydrogen-bond donors (Lipinski definition) is 2. The third-order valence-corrected chi connectivity index (χ3v) is 4.40. The molecule has 31 heavy (non-hydrogen) atoms. The predicted octanol–water partition coefficient (Wildman–Crippen LogP) is 5.14. The van der Waals surface area contributed by atoms with E-state index in [1.165, 1.54) is 0 Å². The molecule has 0 aliphatic heterocycles. The summed E-state index contributed by atoms with van der Waals surface area (Å²) in [7, 11) is 0. The minimum atomic E-state index is -0.290. The molecule has 0 saturated heterocycles. The summed E-state index contributed by atoms with van der Waals surface area (Å²) in [6, 6.07) is 23.2. The summed E-state index contributed by atoms with van der Waals surface area (Å²) >= 11 is 0. The first kappa shape index (κ1) is 21.9. The molecule has 0 spiro atoms. The van der Waals surface area contributed by atoms with E-state index < -0.39 is 0 Å². The molecule has 0 bridgehead atoms. The second-order valence-electron chi connectivity index (χ2n) is 6.88. The molecule has 3 aromatic carbocycles. The van der Waals surface area contributed by atoms with Crippen LogP contribution in [0.15, 0.2) is 78.9 Å². The van der Waals surface area contributed by atoms with Crippen LogP contribution in [0.5, 0.6) is 11.5 Å². The number of carbonyl (C=O) groups is 2. The van der Waals surface area contributed by atoms with Crippen molar-refractivity contribution in [3.63, 3.8) is 0 Å². The third kappa shape index (κ3) is 6.89. The molecule has 0 atom stereocenters. The normalized spacial score (nSPS) is 10.2. The van der Waals surface area contributed by atoms with Crippen LogP contribution >= 0.6 is 0 Å². The van der Waals surface area contributed by atoms with Gasteiger partial charge in [0.15, 0.2) is 6.61 Å². The van der Waals surface area contributed by atoms with Crippen LogP contribution < -0.4 is 20.1 Å². The van der Waals surface area contributed by atoms with Gasteiger partial charge in [-0.15, -0.1) is 0 Å². The Balaban J connectivity index is 1.59. The van der Waals surface area contributed by atoms with Gasteiger partial charge in [-0.25, -0.2) is 0 Å². The van der Waals surface area contributed by atoms with Crippen LogP contribution in [-0.2, 0) is 4.79 Å². The lowest BCUT2D eigenvalue weighted by atomic mass is 10.1. The van der Waals surface area contributed by atoms with Crippen molar-refractivity contribution >= 4 is 23.2 Å². The molecule has 0 fully saturated rings. The minimum Gasteiger partial charge on any atom is -0.493 e. The highest BCUT2D eigenvalue weighted by atomic mass is 16.5. The maximum absolute atomic E-state index is 12.8. The number of amides is 2. The molecule has 2 N–H and O–H groups in total. The summed E-state index contributed by atoms with van der Waals surface area (Å²) in [6.07, 6.45) is 1.94. The van der Waals surface area contributed by atoms with Crippen LogP contribution in [0.2, 0.25) is 0 Å². The number of ether oxygens (including phenoxy) is 2. The predicted molar refractivity (Wildman–Crippen MR) is 122 cm³/mol. The number of para-hydroxylation sites is 2. The summed E-state index contributed by atoms with van der Waals surface area (Å²) in [6.45, 7) is 2.54. The topological polar surface area (TPSA) is 76.7 Å². The first-order chi connectivity index (χ1) is 15.2. The number of anilines is 2. The first-order valence-electron chi connectivity index (χ1n) is 10.3. The summed E-state index contributed by atoms with van der Waals surface area (Å²) < 4.78 is 11.2. The first-order valence-corrected chi connectivity index (χ1v) is 10.3. The van der Waals surface area contributed by atoms with Crippen LogP contribution in [0.25, 0.3) is 0 Å². The molecule has 6 nitrogen and oxygen atoms in total. The van der Waals surface area contributed by atoms with Gasteiger partial charge < -0.3 is 20.1 Å². The monoisotopic (exact) mass is 418 g/mol. The molecule has 0 aromatic heterocycles. The lowest BCUT2D eigenvalue weighted by Crippen LogP contribution is -2.20. The van der Waals surface area contributed by atoms with E-state index in [1.807, 2.05) is 24.3 Å². The molecule has 2 amide bonds. The van der Waals surface area contributed by atoms with E-state index in [0.717, 1.165) is 12.8 Å². The average Bonchev–Trinajstić information content (AvgIpc) is 2.79. The minimum absolute atomic E-state index is 0.108. The highest BCUT2D eigenvalue weighted by Gasteiger charge is 2.13. The standard InChI is InChI=1S/C25H26N2O4/c1-2-3-16-30-23-15-8-7-14-22(23)25(29)27-20-11-9-10-19(17-20)26-24(28)18-31-21-12-5-4-6-13-21/h4-15,17H,2-3,16,18H2,1H3,(H,26,28)(H,27,29). The molecule has 0 aliphatic rings. The van der Waals surface area contributed by atoms with Crippen molar-refractivity contribution in [2.24, 2.45) is 0 Å². The molecular formula is C25H26N2O4. The van der Waals surface area contributed by atoms with Crippen LogP contribution in [0, 0.1) is 0 Å². The summed E-state index contributed by atoms with van der Waals surface area (Å²) in [5.74, 6) is 0.611. The van der Waals surface area contributed by atoms with E-state index in [4.69, 9.17) is 9.47 Å². The summed E-state index contributed by atoms with van der Waals surface area (Å²) in [5, 5.41) is 5.63. The van der Waals surface area contributed by atoms with E-state index in [1.54, 1.807) is 54.6 Å². The highest BCUT2D eigenvalue weighted by Crippen LogP contribution is 2.21. The van der Waals surface area contributed by atoms with Gasteiger partial charge in [-0.2, -0.15) is 0 Å². The molecule has 0 aliphatic carbocycles. The van der Waals surface area contributed by atoms with Crippen molar-refractivity contribution in [3.05, 3.63) is 84.4 Å². The zero-order valence-electron chi connectivity index (χ0n) is 17.5. The fraction of sp³-hybridized carbons (Fsp3) is 0.200. The van der Waals surface area contributed by atoms with Gasteiger partial charge >= 0.3 is 0 Å². The molecule has 0 unspecified atom stereocenters. The van der Waals surface area contributed by atoms with Crippen molar-refractivity contribution in [3.8, 4) is 11.5 Å². The van der Waals surface area contributed by atoms with Crippen molar-refractivity contribution in [2.75, 3.05) is 23.8 Å². The lowest BCUT2D eigenvalue weighted by molar-refractivity contribution is -0.118. The SMILES string of the molecule is CCCCOc1ccccc1C(=O)Nc1cccc(NC(=O)COc2ccccc2)c1. The fourth-order valence-corrected chi connectivity index (χ4v) is 2.84. The third-order valence-electron chi connectivity index (χ3n) is 4.40. The second kappa shape index (κ2) is 11.4. The van der Waals surface area contributed by atoms with Gasteiger partial charge in [0.1, 0.15) is 11.5 Å². The molecular weight excluding hydrogens is 392 g/mol. The van der Waals surface area contributed by atoms with E-state index in [2.05, 4.69) is 17.6 Å². The molecule has 0 radical (unpaired) electrons. The van der Waals surface area contributed by atoms with E-state index in [0.29, 0.717) is 35.0 Å². The number of benzene rings is 3. The Morgan fingerprint density at radius 2 is 1.52 bits per heavy atom. The fourth-order valence-electron chi connectivity index (χ4n) is 2.84. The number of rotatable bonds is 10. The largest absolute Gasteiger partial charge is 0.493 e. The Bertz CT molecular complexity index is 1010. The average molecular weight is 418 g/mol. The smallest absolute Gasteiger partial charge is 0.262 e. The van der Waals surface area contributed by atoms with Crippen molar-refractivity contribution in [2.45, 2.75) is 19.8 Å². The zero-order chi connectivity index (χ0) is 21.9. The molecule has 3 rings (SSSR count). The Kier molecular flexibility index (Phi) is 8.05. The Labute approximate surface area is 182 Å². The van der Waals surface area contributed by atoms with Crippen LogP contribution in [0.4, 0.5) is 11.4 Å². The van der Waals surface area contributed by atoms with Gasteiger partial charge in [0, 0.05) is 11.4 Å². The molecule has 6 heteroatoms. The van der Waals surface area contributed by atoms with Crippen LogP contribution in [0.3, 0.4) is 0 Å². The van der Waals surface area contributed by atoms with Crippen molar-refractivity contribution < 1.29 is 19.1 Å². The zero-order valence-corrected chi connectivity index (χ0v) is 17.5. The Hall–Kier alpha value is -3.80. The quantitative estimate of drug-likeness (QED) is 0.447. The number of carbonyl (C=O) groups excluding carboxylic acids is 2. The number of hydrogen-bond acceptors (Lipinski definition) is 4. The lowest BCUT2D eigenvalue weighted by Gasteiger charge is -2.12. The van der Waals surface area contributed by atoms with Gasteiger partial charge in [0.25, 0.3) is 11.8 Å². The highest BCUT2D eigenvalue weighted by molar-refractivity contribution is 6.06. The van der Waals surface area contributed by atoms with Crippen LogP contribution in [0.1, 0.15) is 30.1 Å². The number of nitrogens with one attached hydrogen (secondary N) is 2. The van der Waals surface area contributed by atoms with E-state index in [9.17, 15) is 9.59 Å². The second-order valence-corrected chi connectivity index (χ2v) is 6.88. The van der Waals surface area contributed by atoms with Gasteiger partial charge in [-0.3, -0.25) is 9.59 Å². The molecule has 160 valence electrons. The van der Waals surface area contributed by atoms with Crippen molar-refractivity contribution in [1.82, 2.24) is 0 Å². The molecule has 0 saturated carbocycles. The van der Waals surface area contributed by atoms with Gasteiger partial charge in [0.2, 0.25) is 0 Å². The Morgan fingerprint density at radius 3 is 2.29 bits per heavy atom. The maximum Gasteiger partial charge on any atom is 0.262 e. The summed E-state index contributed by atoms with van der Waals surface area (Å²) in [4.78, 5) is 24.9. The van der Waals surface area contributed by atoms with Gasteiger partial charge in [0.05, 0.1) is 12.2 Å². The van der Waals surface area contributed by atoms with Crippen LogP contribution in [-0.4, -0.2) is 25.0 Å². The molecule has 0 heterocycles. The molecule has 3 aromatic rings. The number of unbranched alkanes of at least 4 members (excludes halogenated alkanes) is 1.